The number of alkyl halides is 3. The van der Waals surface area contributed by atoms with Gasteiger partial charge in [-0.2, -0.15) is 13.2 Å². The van der Waals surface area contributed by atoms with E-state index in [2.05, 4.69) is 4.98 Å². The van der Waals surface area contributed by atoms with Gasteiger partial charge in [0.05, 0.1) is 16.7 Å². The van der Waals surface area contributed by atoms with E-state index in [1.165, 1.54) is 19.1 Å². The molecule has 0 radical (unpaired) electrons. The van der Waals surface area contributed by atoms with E-state index in [0.29, 0.717) is 25.0 Å². The zero-order valence-corrected chi connectivity index (χ0v) is 19.6. The van der Waals surface area contributed by atoms with Gasteiger partial charge in [-0.15, -0.1) is 0 Å². The van der Waals surface area contributed by atoms with Crippen molar-refractivity contribution in [1.82, 2.24) is 14.9 Å². The van der Waals surface area contributed by atoms with Gasteiger partial charge in [0.2, 0.25) is 5.43 Å². The van der Waals surface area contributed by atoms with Gasteiger partial charge in [0.1, 0.15) is 29.1 Å². The Bertz CT molecular complexity index is 1380. The molecule has 3 aromatic rings. The molecule has 0 saturated carbocycles. The Balaban J connectivity index is 1.87. The van der Waals surface area contributed by atoms with Crippen LogP contribution in [0.1, 0.15) is 30.6 Å². The van der Waals surface area contributed by atoms with Gasteiger partial charge in [0.15, 0.2) is 5.65 Å². The zero-order valence-electron chi connectivity index (χ0n) is 19.6. The van der Waals surface area contributed by atoms with Crippen LogP contribution < -0.4 is 15.6 Å². The summed E-state index contributed by atoms with van der Waals surface area (Å²) in [5.41, 5.74) is -2.20. The Morgan fingerprint density at radius 1 is 1.22 bits per heavy atom. The van der Waals surface area contributed by atoms with Crippen molar-refractivity contribution < 1.29 is 31.5 Å². The highest BCUT2D eigenvalue weighted by Crippen LogP contribution is 2.30. The number of anilines is 1. The van der Waals surface area contributed by atoms with Crippen molar-refractivity contribution in [1.29, 1.82) is 0 Å². The van der Waals surface area contributed by atoms with E-state index >= 15 is 0 Å². The van der Waals surface area contributed by atoms with Gasteiger partial charge in [0, 0.05) is 32.5 Å². The van der Waals surface area contributed by atoms with Gasteiger partial charge < -0.3 is 15.0 Å². The van der Waals surface area contributed by atoms with Crippen molar-refractivity contribution >= 4 is 22.8 Å². The first-order valence-corrected chi connectivity index (χ1v) is 11.1. The molecule has 1 unspecified atom stereocenters. The number of hydrogen-bond acceptors (Lipinski definition) is 5. The van der Waals surface area contributed by atoms with Crippen molar-refractivity contribution in [2.24, 2.45) is 0 Å². The Morgan fingerprint density at radius 2 is 1.92 bits per heavy atom. The van der Waals surface area contributed by atoms with E-state index in [0.717, 1.165) is 22.9 Å². The molecule has 7 nitrogen and oxygen atoms in total. The topological polar surface area (TPSA) is 76.5 Å². The smallest absolute Gasteiger partial charge is 0.375 e. The first kappa shape index (κ1) is 25.5. The van der Waals surface area contributed by atoms with Crippen LogP contribution in [-0.2, 0) is 4.74 Å². The normalized spacial score (nSPS) is 16.1. The molecule has 0 bridgehead atoms. The highest BCUT2D eigenvalue weighted by atomic mass is 19.4. The third kappa shape index (κ3) is 4.64. The van der Waals surface area contributed by atoms with Crippen LogP contribution in [0.3, 0.4) is 0 Å². The fraction of sp³-hybridized carbons (Fsp3) is 0.375. The largest absolute Gasteiger partial charge is 0.408 e. The second-order valence-electron chi connectivity index (χ2n) is 8.86. The second-order valence-corrected chi connectivity index (χ2v) is 8.86. The lowest BCUT2D eigenvalue weighted by Crippen LogP contribution is -2.61. The standard InChI is InChI=1S/C24H23F5N4O3/c1-4-18(24(27,28)29)30-22(35)15-10-33(17-7-5-13(25)9-16(17)26)21-14(20(15)34)6-8-19(31-21)32-11-23(2,12-32)36-3/h5-10,18H,4,11-12H2,1-3H3,(H,30,35). The maximum Gasteiger partial charge on any atom is 0.408 e. The molecule has 1 aliphatic rings. The van der Waals surface area contributed by atoms with Crippen LogP contribution in [0.15, 0.2) is 41.3 Å². The van der Waals surface area contributed by atoms with Gasteiger partial charge >= 0.3 is 6.18 Å². The third-order valence-corrected chi connectivity index (χ3v) is 6.23. The summed E-state index contributed by atoms with van der Waals surface area (Å²) in [5, 5.41) is 1.70. The Labute approximate surface area is 202 Å². The molecule has 0 aliphatic carbocycles. The van der Waals surface area contributed by atoms with Crippen LogP contribution in [0, 0.1) is 11.6 Å². The van der Waals surface area contributed by atoms with Crippen LogP contribution in [0.5, 0.6) is 0 Å². The number of carbonyl (C=O) groups excluding carboxylic acids is 1. The van der Waals surface area contributed by atoms with Crippen molar-refractivity contribution in [3.05, 3.63) is 63.9 Å². The number of ether oxygens (including phenoxy) is 1. The fourth-order valence-corrected chi connectivity index (χ4v) is 4.09. The number of rotatable bonds is 6. The number of aromatic nitrogens is 2. The lowest BCUT2D eigenvalue weighted by atomic mass is 9.96. The van der Waals surface area contributed by atoms with Gasteiger partial charge in [-0.3, -0.25) is 14.2 Å². The maximum atomic E-state index is 14.8. The number of fused-ring (bicyclic) bond motifs is 1. The predicted molar refractivity (Wildman–Crippen MR) is 122 cm³/mol. The fourth-order valence-electron chi connectivity index (χ4n) is 4.09. The highest BCUT2D eigenvalue weighted by Gasteiger charge is 2.41. The summed E-state index contributed by atoms with van der Waals surface area (Å²) in [6, 6.07) is 3.38. The molecule has 1 amide bonds. The van der Waals surface area contributed by atoms with Crippen molar-refractivity contribution in [2.75, 3.05) is 25.1 Å². The molecule has 1 saturated heterocycles. The van der Waals surface area contributed by atoms with E-state index in [4.69, 9.17) is 4.74 Å². The molecule has 1 N–H and O–H groups in total. The number of carbonyl (C=O) groups is 1. The predicted octanol–water partition coefficient (Wildman–Crippen LogP) is 3.96. The lowest BCUT2D eigenvalue weighted by molar-refractivity contribution is -0.153. The van der Waals surface area contributed by atoms with E-state index in [-0.39, 0.29) is 16.7 Å². The number of nitrogens with zero attached hydrogens (tertiary/aromatic N) is 3. The first-order valence-electron chi connectivity index (χ1n) is 11.1. The quantitative estimate of drug-likeness (QED) is 0.509. The second kappa shape index (κ2) is 9.16. The minimum Gasteiger partial charge on any atom is -0.375 e. The van der Waals surface area contributed by atoms with Crippen molar-refractivity contribution in [3.8, 4) is 5.69 Å². The summed E-state index contributed by atoms with van der Waals surface area (Å²) in [5.74, 6) is -2.71. The van der Waals surface area contributed by atoms with E-state index in [1.807, 2.05) is 17.1 Å². The summed E-state index contributed by atoms with van der Waals surface area (Å²) in [6.45, 7) is 4.13. The molecular weight excluding hydrogens is 487 g/mol. The van der Waals surface area contributed by atoms with Crippen LogP contribution in [0.2, 0.25) is 0 Å². The molecule has 1 atom stereocenters. The van der Waals surface area contributed by atoms with Crippen molar-refractivity contribution in [3.63, 3.8) is 0 Å². The van der Waals surface area contributed by atoms with Gasteiger partial charge in [-0.25, -0.2) is 13.8 Å². The molecule has 1 aliphatic heterocycles. The molecule has 3 heterocycles. The molecule has 2 aromatic heterocycles. The number of amides is 1. The zero-order chi connectivity index (χ0) is 26.4. The summed E-state index contributed by atoms with van der Waals surface area (Å²) in [4.78, 5) is 32.2. The Morgan fingerprint density at radius 3 is 2.50 bits per heavy atom. The van der Waals surface area contributed by atoms with E-state index < -0.39 is 52.8 Å². The maximum absolute atomic E-state index is 14.8. The van der Waals surface area contributed by atoms with Gasteiger partial charge in [-0.1, -0.05) is 6.92 Å². The van der Waals surface area contributed by atoms with Crippen LogP contribution in [-0.4, -0.2) is 53.5 Å². The molecule has 1 aromatic carbocycles. The van der Waals surface area contributed by atoms with Crippen LogP contribution in [0.25, 0.3) is 16.7 Å². The summed E-state index contributed by atoms with van der Waals surface area (Å²) >= 11 is 0. The molecule has 4 rings (SSSR count). The number of nitrogens with one attached hydrogen (secondary N) is 1. The average molecular weight is 510 g/mol. The third-order valence-electron chi connectivity index (χ3n) is 6.23. The number of methoxy groups -OCH3 is 1. The molecular formula is C24H23F5N4O3. The molecule has 192 valence electrons. The SMILES string of the molecule is CCC(NC(=O)c1cn(-c2ccc(F)cc2F)c2nc(N3CC(C)(OC)C3)ccc2c1=O)C(F)(F)F. The Kier molecular flexibility index (Phi) is 6.50. The Hall–Kier alpha value is -3.54. The number of pyridine rings is 2. The summed E-state index contributed by atoms with van der Waals surface area (Å²) < 4.78 is 74.5. The van der Waals surface area contributed by atoms with Crippen LogP contribution in [0.4, 0.5) is 27.8 Å². The minimum absolute atomic E-state index is 0.0477. The summed E-state index contributed by atoms with van der Waals surface area (Å²) in [7, 11) is 1.58. The lowest BCUT2D eigenvalue weighted by Gasteiger charge is -2.47. The highest BCUT2D eigenvalue weighted by molar-refractivity contribution is 5.97. The molecule has 1 fully saturated rings. The van der Waals surface area contributed by atoms with E-state index in [9.17, 15) is 31.5 Å². The monoisotopic (exact) mass is 510 g/mol. The van der Waals surface area contributed by atoms with Gasteiger partial charge in [-0.05, 0) is 37.6 Å². The molecule has 12 heteroatoms. The average Bonchev–Trinajstić information content (AvgIpc) is 2.80. The molecule has 0 spiro atoms. The van der Waals surface area contributed by atoms with Crippen LogP contribution >= 0.6 is 0 Å². The summed E-state index contributed by atoms with van der Waals surface area (Å²) in [6.07, 6.45) is -4.26. The van der Waals surface area contributed by atoms with Gasteiger partial charge in [0.25, 0.3) is 5.91 Å². The van der Waals surface area contributed by atoms with Crippen molar-refractivity contribution in [2.45, 2.75) is 38.1 Å². The number of benzene rings is 1. The number of hydrogen-bond donors (Lipinski definition) is 1. The number of halogens is 5. The molecule has 36 heavy (non-hydrogen) atoms. The van der Waals surface area contributed by atoms with E-state index in [1.54, 1.807) is 7.11 Å². The minimum atomic E-state index is -4.73. The first-order chi connectivity index (χ1) is 16.9.